The van der Waals surface area contributed by atoms with Gasteiger partial charge in [-0.1, -0.05) is 29.8 Å². The van der Waals surface area contributed by atoms with Crippen LogP contribution in [-0.4, -0.2) is 9.55 Å². The molecule has 1 aromatic heterocycles. The summed E-state index contributed by atoms with van der Waals surface area (Å²) in [5, 5.41) is 0.759. The molecule has 0 unspecified atom stereocenters. The van der Waals surface area contributed by atoms with Gasteiger partial charge in [-0.2, -0.15) is 0 Å². The highest BCUT2D eigenvalue weighted by Gasteiger charge is 2.28. The highest BCUT2D eigenvalue weighted by atomic mass is 35.5. The van der Waals surface area contributed by atoms with E-state index >= 15 is 0 Å². The molecule has 3 aromatic rings. The monoisotopic (exact) mass is 297 g/mol. The van der Waals surface area contributed by atoms with Crippen LogP contribution >= 0.6 is 11.6 Å². The summed E-state index contributed by atoms with van der Waals surface area (Å²) in [4.78, 5) is 4.80. The minimum atomic E-state index is 0.563. The van der Waals surface area contributed by atoms with E-state index in [4.69, 9.17) is 22.3 Å². The lowest BCUT2D eigenvalue weighted by molar-refractivity contribution is 0.716. The standard InChI is InChI=1S/C17H16ClN3/c18-12-5-8-15-16(10-12)21(13-6-7-13)17(20-15)9-11-3-1-2-4-14(11)19/h1-5,8,10,13H,6-7,9,19H2. The van der Waals surface area contributed by atoms with Crippen LogP contribution < -0.4 is 5.73 Å². The predicted molar refractivity (Wildman–Crippen MR) is 86.7 cm³/mol. The van der Waals surface area contributed by atoms with Crippen LogP contribution in [0.15, 0.2) is 42.5 Å². The van der Waals surface area contributed by atoms with E-state index in [-0.39, 0.29) is 0 Å². The second-order valence-electron chi connectivity index (χ2n) is 5.64. The molecular weight excluding hydrogens is 282 g/mol. The molecule has 0 amide bonds. The minimum absolute atomic E-state index is 0.563. The van der Waals surface area contributed by atoms with Gasteiger partial charge in [-0.15, -0.1) is 0 Å². The van der Waals surface area contributed by atoms with Crippen molar-refractivity contribution < 1.29 is 0 Å². The Bertz CT molecular complexity index is 818. The van der Waals surface area contributed by atoms with Crippen LogP contribution in [0.25, 0.3) is 11.0 Å². The third-order valence-electron chi connectivity index (χ3n) is 4.04. The third kappa shape index (κ3) is 2.28. The van der Waals surface area contributed by atoms with Crippen molar-refractivity contribution in [2.24, 2.45) is 0 Å². The third-order valence-corrected chi connectivity index (χ3v) is 4.28. The van der Waals surface area contributed by atoms with Crippen molar-refractivity contribution in [3.63, 3.8) is 0 Å². The van der Waals surface area contributed by atoms with Crippen LogP contribution in [0.1, 0.15) is 30.3 Å². The van der Waals surface area contributed by atoms with Crippen molar-refractivity contribution in [3.8, 4) is 0 Å². The number of nitrogen functional groups attached to an aromatic ring is 1. The molecule has 3 nitrogen and oxygen atoms in total. The Morgan fingerprint density at radius 1 is 1.19 bits per heavy atom. The van der Waals surface area contributed by atoms with Crippen molar-refractivity contribution in [2.45, 2.75) is 25.3 Å². The number of para-hydroxylation sites is 1. The second kappa shape index (κ2) is 4.78. The van der Waals surface area contributed by atoms with Crippen molar-refractivity contribution in [3.05, 3.63) is 58.9 Å². The summed E-state index contributed by atoms with van der Waals surface area (Å²) >= 11 is 6.15. The first-order valence-corrected chi connectivity index (χ1v) is 7.60. The molecule has 1 aliphatic rings. The molecule has 106 valence electrons. The number of fused-ring (bicyclic) bond motifs is 1. The number of nitrogens with zero attached hydrogens (tertiary/aromatic N) is 2. The molecule has 1 heterocycles. The number of rotatable bonds is 3. The van der Waals surface area contributed by atoms with E-state index in [1.54, 1.807) is 0 Å². The van der Waals surface area contributed by atoms with Crippen LogP contribution in [0, 0.1) is 0 Å². The van der Waals surface area contributed by atoms with Gasteiger partial charge in [0.25, 0.3) is 0 Å². The van der Waals surface area contributed by atoms with E-state index in [9.17, 15) is 0 Å². The Balaban J connectivity index is 1.84. The molecule has 1 saturated carbocycles. The van der Waals surface area contributed by atoms with Gasteiger partial charge < -0.3 is 10.3 Å². The molecule has 1 fully saturated rings. The van der Waals surface area contributed by atoms with Gasteiger partial charge in [0.05, 0.1) is 11.0 Å². The number of imidazole rings is 1. The number of anilines is 1. The zero-order valence-corrected chi connectivity index (χ0v) is 12.3. The molecule has 1 aliphatic carbocycles. The van der Waals surface area contributed by atoms with E-state index in [0.29, 0.717) is 6.04 Å². The number of halogens is 1. The van der Waals surface area contributed by atoms with E-state index in [1.165, 1.54) is 12.8 Å². The van der Waals surface area contributed by atoms with Gasteiger partial charge in [0.1, 0.15) is 5.82 Å². The number of aromatic nitrogens is 2. The van der Waals surface area contributed by atoms with Crippen LogP contribution in [0.5, 0.6) is 0 Å². The predicted octanol–water partition coefficient (Wildman–Crippen LogP) is 4.20. The maximum Gasteiger partial charge on any atom is 0.114 e. The van der Waals surface area contributed by atoms with Gasteiger partial charge in [-0.3, -0.25) is 0 Å². The van der Waals surface area contributed by atoms with Crippen molar-refractivity contribution in [1.29, 1.82) is 0 Å². The van der Waals surface area contributed by atoms with Gasteiger partial charge >= 0.3 is 0 Å². The number of hydrogen-bond donors (Lipinski definition) is 1. The smallest absolute Gasteiger partial charge is 0.114 e. The first-order valence-electron chi connectivity index (χ1n) is 7.22. The maximum atomic E-state index is 6.15. The van der Waals surface area contributed by atoms with E-state index in [2.05, 4.69) is 10.6 Å². The average Bonchev–Trinajstić information content (AvgIpc) is 3.24. The normalized spacial score (nSPS) is 14.7. The molecule has 0 saturated heterocycles. The van der Waals surface area contributed by atoms with Gasteiger partial charge in [0, 0.05) is 23.2 Å². The molecule has 0 aliphatic heterocycles. The second-order valence-corrected chi connectivity index (χ2v) is 6.07. The van der Waals surface area contributed by atoms with E-state index in [0.717, 1.165) is 39.6 Å². The van der Waals surface area contributed by atoms with Gasteiger partial charge in [0.2, 0.25) is 0 Å². The summed E-state index contributed by atoms with van der Waals surface area (Å²) in [6.07, 6.45) is 3.19. The summed E-state index contributed by atoms with van der Waals surface area (Å²) < 4.78 is 2.34. The molecule has 21 heavy (non-hydrogen) atoms. The maximum absolute atomic E-state index is 6.15. The van der Waals surface area contributed by atoms with Gasteiger partial charge in [-0.05, 0) is 42.7 Å². The van der Waals surface area contributed by atoms with Crippen LogP contribution in [0.2, 0.25) is 5.02 Å². The van der Waals surface area contributed by atoms with E-state index < -0.39 is 0 Å². The molecule has 0 bridgehead atoms. The molecule has 2 N–H and O–H groups in total. The summed E-state index contributed by atoms with van der Waals surface area (Å²) in [5.41, 5.74) is 10.2. The molecule has 4 heteroatoms. The molecule has 4 rings (SSSR count). The lowest BCUT2D eigenvalue weighted by Gasteiger charge is -2.09. The summed E-state index contributed by atoms with van der Waals surface area (Å²) in [7, 11) is 0. The SMILES string of the molecule is Nc1ccccc1Cc1nc2ccc(Cl)cc2n1C1CC1. The van der Waals surface area contributed by atoms with Crippen molar-refractivity contribution >= 4 is 28.3 Å². The topological polar surface area (TPSA) is 43.8 Å². The number of nitrogens with two attached hydrogens (primary N) is 1. The number of benzene rings is 2. The van der Waals surface area contributed by atoms with Crippen LogP contribution in [0.3, 0.4) is 0 Å². The molecule has 0 radical (unpaired) electrons. The lowest BCUT2D eigenvalue weighted by Crippen LogP contribution is -2.04. The van der Waals surface area contributed by atoms with Crippen LogP contribution in [-0.2, 0) is 6.42 Å². The van der Waals surface area contributed by atoms with E-state index in [1.807, 2.05) is 36.4 Å². The van der Waals surface area contributed by atoms with Gasteiger partial charge in [0.15, 0.2) is 0 Å². The Hall–Kier alpha value is -2.00. The first-order chi connectivity index (χ1) is 10.2. The molecule has 2 aromatic carbocycles. The Labute approximate surface area is 128 Å². The first kappa shape index (κ1) is 12.7. The lowest BCUT2D eigenvalue weighted by atomic mass is 10.1. The van der Waals surface area contributed by atoms with Gasteiger partial charge in [-0.25, -0.2) is 4.98 Å². The number of hydrogen-bond acceptors (Lipinski definition) is 2. The highest BCUT2D eigenvalue weighted by Crippen LogP contribution is 2.39. The fraction of sp³-hybridized carbons (Fsp3) is 0.235. The molecule has 0 atom stereocenters. The van der Waals surface area contributed by atoms with Crippen molar-refractivity contribution in [1.82, 2.24) is 9.55 Å². The quantitative estimate of drug-likeness (QED) is 0.736. The summed E-state index contributed by atoms with van der Waals surface area (Å²) in [5.74, 6) is 1.08. The summed E-state index contributed by atoms with van der Waals surface area (Å²) in [6, 6.07) is 14.5. The average molecular weight is 298 g/mol. The zero-order chi connectivity index (χ0) is 14.4. The largest absolute Gasteiger partial charge is 0.398 e. The van der Waals surface area contributed by atoms with Crippen molar-refractivity contribution in [2.75, 3.05) is 5.73 Å². The Morgan fingerprint density at radius 3 is 2.76 bits per heavy atom. The van der Waals surface area contributed by atoms with Crippen LogP contribution in [0.4, 0.5) is 5.69 Å². The molecular formula is C17H16ClN3. The fourth-order valence-corrected chi connectivity index (χ4v) is 3.01. The minimum Gasteiger partial charge on any atom is -0.398 e. The Kier molecular flexibility index (Phi) is 2.89. The zero-order valence-electron chi connectivity index (χ0n) is 11.6. The highest BCUT2D eigenvalue weighted by molar-refractivity contribution is 6.31. The molecule has 0 spiro atoms. The summed E-state index contributed by atoms with van der Waals surface area (Å²) in [6.45, 7) is 0. The fourth-order valence-electron chi connectivity index (χ4n) is 2.85. The Morgan fingerprint density at radius 2 is 2.00 bits per heavy atom.